The minimum Gasteiger partial charge on any atom is -0.382 e. The minimum atomic E-state index is -0.0901. The average molecular weight is 369 g/mol. The predicted molar refractivity (Wildman–Crippen MR) is 102 cm³/mol. The van der Waals surface area contributed by atoms with E-state index in [0.717, 1.165) is 39.3 Å². The van der Waals surface area contributed by atoms with E-state index in [9.17, 15) is 4.79 Å². The van der Waals surface area contributed by atoms with Crippen molar-refractivity contribution in [3.63, 3.8) is 0 Å². The van der Waals surface area contributed by atoms with Crippen LogP contribution in [0.5, 0.6) is 0 Å². The molecule has 6 rings (SSSR count). The number of carbonyl (C=O) groups excluding carboxylic acids is 1. The molecule has 4 aliphatic rings. The van der Waals surface area contributed by atoms with Gasteiger partial charge in [-0.1, -0.05) is 30.3 Å². The molecule has 26 heavy (non-hydrogen) atoms. The number of aromatic nitrogens is 1. The summed E-state index contributed by atoms with van der Waals surface area (Å²) in [6, 6.07) is 10.8. The van der Waals surface area contributed by atoms with Crippen LogP contribution >= 0.6 is 11.5 Å². The summed E-state index contributed by atoms with van der Waals surface area (Å²) in [7, 11) is 0. The molecule has 0 aliphatic carbocycles. The zero-order valence-corrected chi connectivity index (χ0v) is 15.4. The molecule has 5 heterocycles. The third kappa shape index (κ3) is 2.46. The van der Waals surface area contributed by atoms with Crippen molar-refractivity contribution in [2.24, 2.45) is 5.92 Å². The number of benzene rings is 1. The molecule has 4 saturated heterocycles. The van der Waals surface area contributed by atoms with Gasteiger partial charge < -0.3 is 20.9 Å². The summed E-state index contributed by atoms with van der Waals surface area (Å²) in [6.07, 6.45) is 0. The van der Waals surface area contributed by atoms with E-state index in [1.807, 2.05) is 0 Å². The molecule has 1 aromatic carbocycles. The molecule has 7 heteroatoms. The van der Waals surface area contributed by atoms with Crippen molar-refractivity contribution >= 4 is 23.3 Å². The van der Waals surface area contributed by atoms with Crippen LogP contribution in [0.3, 0.4) is 0 Å². The van der Waals surface area contributed by atoms with E-state index in [0.29, 0.717) is 17.3 Å². The lowest BCUT2D eigenvalue weighted by Crippen LogP contribution is -2.70. The van der Waals surface area contributed by atoms with Crippen molar-refractivity contribution < 1.29 is 4.79 Å². The fourth-order valence-electron chi connectivity index (χ4n) is 5.20. The first-order valence-corrected chi connectivity index (χ1v) is 10.0. The maximum absolute atomic E-state index is 12.9. The van der Waals surface area contributed by atoms with Crippen LogP contribution in [0.1, 0.15) is 15.9 Å². The molecule has 4 bridgehead atoms. The molecule has 0 saturated carbocycles. The second kappa shape index (κ2) is 6.04. The maximum Gasteiger partial charge on any atom is 0.256 e. The highest BCUT2D eigenvalue weighted by molar-refractivity contribution is 7.04. The number of amides is 1. The maximum atomic E-state index is 12.9. The van der Waals surface area contributed by atoms with E-state index < -0.39 is 0 Å². The average Bonchev–Trinajstić information content (AvgIpc) is 2.92. The lowest BCUT2D eigenvalue weighted by molar-refractivity contribution is 0.0181. The standard InChI is InChI=1S/C19H23N5OS/c20-17-15(10-26-22-17)18(25)21-16-13-8-23-6-7-24(9-13)12-19(16,11-23)14-4-2-1-3-5-14/h1-5,10,13,16H,6-9,11-12H2,(H2,20,22)(H,21,25)/t13?,16-,19?/m1/s1. The van der Waals surface area contributed by atoms with Gasteiger partial charge in [0.2, 0.25) is 0 Å². The van der Waals surface area contributed by atoms with Crippen molar-refractivity contribution in [1.82, 2.24) is 19.5 Å². The van der Waals surface area contributed by atoms with Crippen LogP contribution in [0.15, 0.2) is 35.7 Å². The van der Waals surface area contributed by atoms with Gasteiger partial charge in [-0.15, -0.1) is 0 Å². The number of anilines is 1. The zero-order valence-electron chi connectivity index (χ0n) is 14.6. The molecule has 3 N–H and O–H groups in total. The summed E-state index contributed by atoms with van der Waals surface area (Å²) in [5, 5.41) is 5.11. The van der Waals surface area contributed by atoms with Crippen LogP contribution in [-0.4, -0.2) is 65.4 Å². The molecule has 4 aliphatic heterocycles. The van der Waals surface area contributed by atoms with Crippen LogP contribution in [-0.2, 0) is 5.41 Å². The largest absolute Gasteiger partial charge is 0.382 e. The Kier molecular flexibility index (Phi) is 3.77. The SMILES string of the molecule is Nc1nscc1C(=O)N[C@@H]1C2CN3CCN(C2)CC1(c1ccccc1)C3. The Bertz CT molecular complexity index is 806. The third-order valence-corrected chi connectivity index (χ3v) is 6.92. The van der Waals surface area contributed by atoms with Gasteiger partial charge in [-0.2, -0.15) is 4.37 Å². The number of nitrogens with zero attached hydrogens (tertiary/aromatic N) is 3. The van der Waals surface area contributed by atoms with Gasteiger partial charge in [-0.3, -0.25) is 4.79 Å². The third-order valence-electron chi connectivity index (χ3n) is 6.27. The van der Waals surface area contributed by atoms with Crippen molar-refractivity contribution in [1.29, 1.82) is 0 Å². The summed E-state index contributed by atoms with van der Waals surface area (Å²) in [5.41, 5.74) is 7.63. The van der Waals surface area contributed by atoms with E-state index in [1.165, 1.54) is 17.1 Å². The van der Waals surface area contributed by atoms with E-state index in [4.69, 9.17) is 5.73 Å². The number of nitrogens with two attached hydrogens (primary N) is 1. The van der Waals surface area contributed by atoms with Crippen LogP contribution in [0, 0.1) is 5.92 Å². The second-order valence-electron chi connectivity index (χ2n) is 7.82. The Morgan fingerprint density at radius 3 is 2.50 bits per heavy atom. The molecule has 0 radical (unpaired) electrons. The highest BCUT2D eigenvalue weighted by atomic mass is 32.1. The molecule has 4 fully saturated rings. The fraction of sp³-hybridized carbons (Fsp3) is 0.474. The van der Waals surface area contributed by atoms with Crippen molar-refractivity contribution in [2.75, 3.05) is 45.0 Å². The highest BCUT2D eigenvalue weighted by Gasteiger charge is 2.55. The molecule has 2 aromatic rings. The zero-order chi connectivity index (χ0) is 17.7. The number of hydrogen-bond donors (Lipinski definition) is 2. The van der Waals surface area contributed by atoms with Crippen LogP contribution in [0.25, 0.3) is 0 Å². The van der Waals surface area contributed by atoms with E-state index >= 15 is 0 Å². The van der Waals surface area contributed by atoms with Gasteiger partial charge in [0.25, 0.3) is 5.91 Å². The van der Waals surface area contributed by atoms with Gasteiger partial charge in [0.05, 0.1) is 5.56 Å². The summed E-state index contributed by atoms with van der Waals surface area (Å²) in [6.45, 7) is 6.32. The predicted octanol–water partition coefficient (Wildman–Crippen LogP) is 1.02. The van der Waals surface area contributed by atoms with Crippen molar-refractivity contribution in [3.05, 3.63) is 46.8 Å². The smallest absolute Gasteiger partial charge is 0.256 e. The summed E-state index contributed by atoms with van der Waals surface area (Å²) in [5.74, 6) is 0.666. The first-order chi connectivity index (χ1) is 12.7. The summed E-state index contributed by atoms with van der Waals surface area (Å²) < 4.78 is 4.05. The van der Waals surface area contributed by atoms with Gasteiger partial charge >= 0.3 is 0 Å². The van der Waals surface area contributed by atoms with Crippen LogP contribution in [0.2, 0.25) is 0 Å². The lowest BCUT2D eigenvalue weighted by atomic mass is 9.64. The molecular formula is C19H23N5OS. The molecule has 136 valence electrons. The van der Waals surface area contributed by atoms with Gasteiger partial charge in [-0.25, -0.2) is 0 Å². The highest BCUT2D eigenvalue weighted by Crippen LogP contribution is 2.43. The lowest BCUT2D eigenvalue weighted by Gasteiger charge is -2.55. The Labute approximate surface area is 157 Å². The normalized spacial score (nSPS) is 35.2. The Morgan fingerprint density at radius 2 is 1.88 bits per heavy atom. The molecule has 1 amide bonds. The van der Waals surface area contributed by atoms with Crippen molar-refractivity contribution in [2.45, 2.75) is 11.5 Å². The number of nitrogen functional groups attached to an aromatic ring is 1. The number of fused-ring (bicyclic) bond motifs is 1. The number of carbonyl (C=O) groups is 1. The van der Waals surface area contributed by atoms with Gasteiger partial charge in [-0.05, 0) is 17.1 Å². The molecular weight excluding hydrogens is 346 g/mol. The Morgan fingerprint density at radius 1 is 1.19 bits per heavy atom. The first kappa shape index (κ1) is 16.2. The molecule has 6 nitrogen and oxygen atoms in total. The van der Waals surface area contributed by atoms with Gasteiger partial charge in [0.15, 0.2) is 0 Å². The van der Waals surface area contributed by atoms with E-state index in [1.54, 1.807) is 5.38 Å². The minimum absolute atomic E-state index is 0.0766. The van der Waals surface area contributed by atoms with Crippen molar-refractivity contribution in [3.8, 4) is 0 Å². The second-order valence-corrected chi connectivity index (χ2v) is 8.45. The Balaban J connectivity index is 1.54. The first-order valence-electron chi connectivity index (χ1n) is 9.17. The fourth-order valence-corrected chi connectivity index (χ4v) is 5.80. The molecule has 1 aromatic heterocycles. The quantitative estimate of drug-likeness (QED) is 0.845. The molecule has 2 unspecified atom stereocenters. The van der Waals surface area contributed by atoms with Crippen LogP contribution in [0.4, 0.5) is 5.82 Å². The number of nitrogens with one attached hydrogen (secondary N) is 1. The Hall–Kier alpha value is -1.96. The van der Waals surface area contributed by atoms with Crippen LogP contribution < -0.4 is 11.1 Å². The van der Waals surface area contributed by atoms with E-state index in [2.05, 4.69) is 49.8 Å². The number of hydrogen-bond acceptors (Lipinski definition) is 6. The van der Waals surface area contributed by atoms with Gasteiger partial charge in [0, 0.05) is 62.0 Å². The monoisotopic (exact) mass is 369 g/mol. The van der Waals surface area contributed by atoms with E-state index in [-0.39, 0.29) is 17.4 Å². The summed E-state index contributed by atoms with van der Waals surface area (Å²) >= 11 is 1.23. The number of rotatable bonds is 3. The summed E-state index contributed by atoms with van der Waals surface area (Å²) in [4.78, 5) is 18.1. The van der Waals surface area contributed by atoms with Gasteiger partial charge in [0.1, 0.15) is 5.82 Å². The molecule has 3 atom stereocenters. The molecule has 0 spiro atoms. The number of piperidine rings is 2. The topological polar surface area (TPSA) is 74.5 Å².